The molecular formula is C17H18N4O3S. The number of benzene rings is 1. The third kappa shape index (κ3) is 3.69. The molecule has 1 aromatic carbocycles. The van der Waals surface area contributed by atoms with Gasteiger partial charge in [-0.3, -0.25) is 9.89 Å². The highest BCUT2D eigenvalue weighted by molar-refractivity contribution is 7.18. The van der Waals surface area contributed by atoms with E-state index in [2.05, 4.69) is 20.5 Å². The summed E-state index contributed by atoms with van der Waals surface area (Å²) in [5.74, 6) is -1.44. The maximum Gasteiger partial charge on any atom is 0.331 e. The van der Waals surface area contributed by atoms with Crippen molar-refractivity contribution in [3.8, 4) is 0 Å². The zero-order chi connectivity index (χ0) is 18.0. The lowest BCUT2D eigenvalue weighted by atomic mass is 10.0. The summed E-state index contributed by atoms with van der Waals surface area (Å²) in [6, 6.07) is 6.68. The number of carboxylic acids is 1. The molecule has 0 saturated carbocycles. The Kier molecular flexibility index (Phi) is 4.80. The Hall–Kier alpha value is -2.74. The van der Waals surface area contributed by atoms with Gasteiger partial charge in [0, 0.05) is 24.1 Å². The summed E-state index contributed by atoms with van der Waals surface area (Å²) in [5, 5.41) is 19.6. The van der Waals surface area contributed by atoms with Crippen LogP contribution in [0.25, 0.3) is 10.2 Å². The van der Waals surface area contributed by atoms with Crippen LogP contribution in [-0.2, 0) is 16.0 Å². The molecule has 2 aromatic heterocycles. The van der Waals surface area contributed by atoms with E-state index in [-0.39, 0.29) is 12.3 Å². The summed E-state index contributed by atoms with van der Waals surface area (Å²) >= 11 is 1.54. The number of carbonyl (C=O) groups is 2. The second-order valence-corrected chi connectivity index (χ2v) is 6.88. The van der Waals surface area contributed by atoms with Crippen molar-refractivity contribution in [1.29, 1.82) is 0 Å². The number of aliphatic carboxylic acids is 1. The SMILES string of the molecule is Cc1n[nH]c(C)c1C(NC(=O)CCc1nc2ccccc2s1)C(=O)O. The van der Waals surface area contributed by atoms with Gasteiger partial charge in [-0.1, -0.05) is 12.1 Å². The molecule has 0 bridgehead atoms. The van der Waals surface area contributed by atoms with E-state index in [1.54, 1.807) is 25.2 Å². The maximum atomic E-state index is 12.2. The minimum Gasteiger partial charge on any atom is -0.479 e. The molecule has 3 rings (SSSR count). The van der Waals surface area contributed by atoms with Gasteiger partial charge in [-0.05, 0) is 26.0 Å². The molecule has 25 heavy (non-hydrogen) atoms. The molecule has 0 saturated heterocycles. The van der Waals surface area contributed by atoms with Crippen molar-refractivity contribution in [2.45, 2.75) is 32.7 Å². The molecule has 2 heterocycles. The number of carbonyl (C=O) groups excluding carboxylic acids is 1. The lowest BCUT2D eigenvalue weighted by Crippen LogP contribution is -2.34. The van der Waals surface area contributed by atoms with Crippen LogP contribution in [0, 0.1) is 13.8 Å². The molecule has 0 radical (unpaired) electrons. The standard InChI is InChI=1S/C17H18N4O3S/c1-9-15(10(2)21-20-9)16(17(23)24)19-13(22)7-8-14-18-11-5-3-4-6-12(11)25-14/h3-6,16H,7-8H2,1-2H3,(H,19,22)(H,20,21)(H,23,24). The molecule has 3 N–H and O–H groups in total. The average Bonchev–Trinajstić information content (AvgIpc) is 3.14. The molecule has 0 aliphatic carbocycles. The molecule has 8 heteroatoms. The number of rotatable bonds is 6. The quantitative estimate of drug-likeness (QED) is 0.627. The van der Waals surface area contributed by atoms with Gasteiger partial charge in [0.05, 0.1) is 20.9 Å². The molecule has 3 aromatic rings. The van der Waals surface area contributed by atoms with Crippen molar-refractivity contribution in [1.82, 2.24) is 20.5 Å². The normalized spacial score (nSPS) is 12.2. The van der Waals surface area contributed by atoms with Crippen molar-refractivity contribution in [3.05, 3.63) is 46.2 Å². The van der Waals surface area contributed by atoms with Crippen molar-refractivity contribution in [3.63, 3.8) is 0 Å². The molecule has 1 amide bonds. The van der Waals surface area contributed by atoms with E-state index in [4.69, 9.17) is 0 Å². The number of para-hydroxylation sites is 1. The summed E-state index contributed by atoms with van der Waals surface area (Å²) in [7, 11) is 0. The van der Waals surface area contributed by atoms with Gasteiger partial charge in [-0.25, -0.2) is 9.78 Å². The maximum absolute atomic E-state index is 12.2. The first-order valence-corrected chi connectivity index (χ1v) is 8.65. The van der Waals surface area contributed by atoms with Crippen LogP contribution in [-0.4, -0.2) is 32.2 Å². The van der Waals surface area contributed by atoms with Crippen LogP contribution in [0.2, 0.25) is 0 Å². The smallest absolute Gasteiger partial charge is 0.331 e. The summed E-state index contributed by atoms with van der Waals surface area (Å²) in [6.07, 6.45) is 0.653. The van der Waals surface area contributed by atoms with Crippen molar-refractivity contribution in [2.75, 3.05) is 0 Å². The number of amides is 1. The second kappa shape index (κ2) is 7.02. The molecule has 0 fully saturated rings. The van der Waals surface area contributed by atoms with E-state index in [1.807, 2.05) is 24.3 Å². The molecule has 0 spiro atoms. The number of aromatic nitrogens is 3. The van der Waals surface area contributed by atoms with E-state index in [9.17, 15) is 14.7 Å². The highest BCUT2D eigenvalue weighted by Crippen LogP contribution is 2.23. The number of hydrogen-bond donors (Lipinski definition) is 3. The summed E-state index contributed by atoms with van der Waals surface area (Å²) in [5.41, 5.74) is 2.62. The summed E-state index contributed by atoms with van der Waals surface area (Å²) in [4.78, 5) is 28.3. The van der Waals surface area contributed by atoms with Gasteiger partial charge >= 0.3 is 5.97 Å². The number of nitrogens with one attached hydrogen (secondary N) is 2. The van der Waals surface area contributed by atoms with Gasteiger partial charge in [0.15, 0.2) is 6.04 Å². The topological polar surface area (TPSA) is 108 Å². The zero-order valence-electron chi connectivity index (χ0n) is 13.9. The first-order valence-electron chi connectivity index (χ1n) is 7.84. The van der Waals surface area contributed by atoms with Crippen LogP contribution in [0.3, 0.4) is 0 Å². The monoisotopic (exact) mass is 358 g/mol. The Balaban J connectivity index is 1.67. The lowest BCUT2D eigenvalue weighted by Gasteiger charge is -2.15. The van der Waals surface area contributed by atoms with Gasteiger partial charge < -0.3 is 10.4 Å². The second-order valence-electron chi connectivity index (χ2n) is 5.76. The Labute approximate surface area is 148 Å². The van der Waals surface area contributed by atoms with E-state index < -0.39 is 12.0 Å². The van der Waals surface area contributed by atoms with E-state index in [0.717, 1.165) is 15.2 Å². The van der Waals surface area contributed by atoms with E-state index >= 15 is 0 Å². The van der Waals surface area contributed by atoms with Gasteiger partial charge in [-0.15, -0.1) is 11.3 Å². The van der Waals surface area contributed by atoms with Crippen LogP contribution >= 0.6 is 11.3 Å². The number of aromatic amines is 1. The minimum absolute atomic E-state index is 0.180. The predicted molar refractivity (Wildman–Crippen MR) is 94.5 cm³/mol. The highest BCUT2D eigenvalue weighted by atomic mass is 32.1. The van der Waals surface area contributed by atoms with Gasteiger partial charge in [0.1, 0.15) is 0 Å². The summed E-state index contributed by atoms with van der Waals surface area (Å²) in [6.45, 7) is 3.45. The van der Waals surface area contributed by atoms with Crippen molar-refractivity contribution >= 4 is 33.4 Å². The van der Waals surface area contributed by atoms with Crippen molar-refractivity contribution in [2.24, 2.45) is 0 Å². The van der Waals surface area contributed by atoms with E-state index in [1.165, 1.54) is 0 Å². The van der Waals surface area contributed by atoms with Crippen LogP contribution in [0.15, 0.2) is 24.3 Å². The van der Waals surface area contributed by atoms with Crippen molar-refractivity contribution < 1.29 is 14.7 Å². The Morgan fingerprint density at radius 3 is 2.72 bits per heavy atom. The van der Waals surface area contributed by atoms with Gasteiger partial charge in [0.2, 0.25) is 5.91 Å². The zero-order valence-corrected chi connectivity index (χ0v) is 14.7. The molecule has 1 atom stereocenters. The minimum atomic E-state index is -1.11. The van der Waals surface area contributed by atoms with Crippen LogP contribution in [0.1, 0.15) is 34.4 Å². The largest absolute Gasteiger partial charge is 0.479 e. The summed E-state index contributed by atoms with van der Waals surface area (Å²) < 4.78 is 1.07. The number of H-pyrrole nitrogens is 1. The van der Waals surface area contributed by atoms with Gasteiger partial charge in [0.25, 0.3) is 0 Å². The number of nitrogens with zero attached hydrogens (tertiary/aromatic N) is 2. The molecule has 0 aliphatic rings. The third-order valence-corrected chi connectivity index (χ3v) is 5.03. The number of thiazole rings is 1. The molecule has 1 unspecified atom stereocenters. The lowest BCUT2D eigenvalue weighted by molar-refractivity contribution is -0.142. The number of aryl methyl sites for hydroxylation is 3. The molecular weight excluding hydrogens is 340 g/mol. The average molecular weight is 358 g/mol. The predicted octanol–water partition coefficient (Wildman–Crippen LogP) is 2.51. The Bertz CT molecular complexity index is 879. The highest BCUT2D eigenvalue weighted by Gasteiger charge is 2.27. The molecule has 130 valence electrons. The Morgan fingerprint density at radius 2 is 2.08 bits per heavy atom. The fourth-order valence-electron chi connectivity index (χ4n) is 2.72. The first-order chi connectivity index (χ1) is 12.0. The van der Waals surface area contributed by atoms with Crippen LogP contribution in [0.4, 0.5) is 0 Å². The fourth-order valence-corrected chi connectivity index (χ4v) is 3.69. The number of hydrogen-bond acceptors (Lipinski definition) is 5. The number of fused-ring (bicyclic) bond motifs is 1. The molecule has 7 nitrogen and oxygen atoms in total. The van der Waals surface area contributed by atoms with E-state index in [0.29, 0.717) is 23.4 Å². The fraction of sp³-hybridized carbons (Fsp3) is 0.294. The van der Waals surface area contributed by atoms with Gasteiger partial charge in [-0.2, -0.15) is 5.10 Å². The first kappa shape index (κ1) is 17.1. The molecule has 0 aliphatic heterocycles. The Morgan fingerprint density at radius 1 is 1.32 bits per heavy atom. The van der Waals surface area contributed by atoms with Crippen LogP contribution in [0.5, 0.6) is 0 Å². The number of carboxylic acid groups (broad SMARTS) is 1. The van der Waals surface area contributed by atoms with Crippen LogP contribution < -0.4 is 5.32 Å². The third-order valence-electron chi connectivity index (χ3n) is 3.93.